The zero-order valence-corrected chi connectivity index (χ0v) is 25.5. The van der Waals surface area contributed by atoms with Crippen molar-refractivity contribution in [3.8, 4) is 17.5 Å². The summed E-state index contributed by atoms with van der Waals surface area (Å²) in [6.45, 7) is 3.65. The fraction of sp³-hybridized carbons (Fsp3) is 0.303. The first kappa shape index (κ1) is 32.8. The number of benzene rings is 3. The Morgan fingerprint density at radius 2 is 1.61 bits per heavy atom. The molecule has 3 heterocycles. The molecule has 0 saturated carbocycles. The molecule has 0 radical (unpaired) electrons. The first-order chi connectivity index (χ1) is 21.7. The number of hydrogen-bond acceptors (Lipinski definition) is 7. The van der Waals surface area contributed by atoms with E-state index < -0.39 is 16.7 Å². The number of ether oxygens (including phenoxy) is 3. The lowest BCUT2D eigenvalue weighted by Gasteiger charge is -2.26. The first-order valence-electron chi connectivity index (χ1n) is 14.6. The van der Waals surface area contributed by atoms with E-state index in [-0.39, 0.29) is 36.9 Å². The SMILES string of the molecule is Cl.O=[N+]([O-])c1cn2c(n1)O[C@@H](COc1ccc(C3=CCN(Cc4ccc(OCc5ccc(C(F)(F)F)cc5)cc4)CC3)cc1)CC2. The molecule has 13 heteroatoms. The monoisotopic (exact) mass is 656 g/mol. The van der Waals surface area contributed by atoms with E-state index in [0.717, 1.165) is 55.1 Å². The van der Waals surface area contributed by atoms with Crippen LogP contribution in [-0.4, -0.2) is 45.2 Å². The zero-order valence-electron chi connectivity index (χ0n) is 24.7. The maximum atomic E-state index is 12.7. The van der Waals surface area contributed by atoms with Crippen LogP contribution in [0, 0.1) is 10.1 Å². The van der Waals surface area contributed by atoms with Crippen LogP contribution < -0.4 is 14.2 Å². The summed E-state index contributed by atoms with van der Waals surface area (Å²) in [7, 11) is 0. The van der Waals surface area contributed by atoms with Crippen molar-refractivity contribution < 1.29 is 32.3 Å². The summed E-state index contributed by atoms with van der Waals surface area (Å²) in [5, 5.41) is 11.0. The van der Waals surface area contributed by atoms with E-state index in [2.05, 4.69) is 28.1 Å². The summed E-state index contributed by atoms with van der Waals surface area (Å²) in [6.07, 6.45) is 0.646. The molecule has 0 unspecified atom stereocenters. The van der Waals surface area contributed by atoms with E-state index >= 15 is 0 Å². The number of nitrogens with zero attached hydrogens (tertiary/aromatic N) is 4. The Hall–Kier alpha value is -4.55. The molecule has 2 aliphatic heterocycles. The molecule has 0 aliphatic carbocycles. The highest BCUT2D eigenvalue weighted by Crippen LogP contribution is 2.30. The Kier molecular flexibility index (Phi) is 10.2. The van der Waals surface area contributed by atoms with Gasteiger partial charge in [-0.3, -0.25) is 9.47 Å². The van der Waals surface area contributed by atoms with Gasteiger partial charge in [0.05, 0.1) is 5.56 Å². The highest BCUT2D eigenvalue weighted by atomic mass is 35.5. The van der Waals surface area contributed by atoms with Crippen LogP contribution in [0.2, 0.25) is 0 Å². The van der Waals surface area contributed by atoms with Gasteiger partial charge in [-0.2, -0.15) is 13.2 Å². The van der Waals surface area contributed by atoms with Crippen molar-refractivity contribution >= 4 is 23.8 Å². The quantitative estimate of drug-likeness (QED) is 0.130. The second-order valence-electron chi connectivity index (χ2n) is 11.0. The van der Waals surface area contributed by atoms with Gasteiger partial charge >= 0.3 is 18.0 Å². The normalized spacial score (nSPS) is 16.4. The predicted molar refractivity (Wildman–Crippen MR) is 167 cm³/mol. The van der Waals surface area contributed by atoms with Gasteiger partial charge in [0.25, 0.3) is 0 Å². The van der Waals surface area contributed by atoms with Gasteiger partial charge in [0.15, 0.2) is 0 Å². The number of aryl methyl sites for hydroxylation is 1. The minimum atomic E-state index is -4.35. The molecule has 0 spiro atoms. The van der Waals surface area contributed by atoms with Crippen LogP contribution in [0.5, 0.6) is 17.5 Å². The van der Waals surface area contributed by atoms with Crippen molar-refractivity contribution in [2.45, 2.75) is 44.8 Å². The molecule has 1 atom stereocenters. The molecule has 0 fully saturated rings. The molecule has 46 heavy (non-hydrogen) atoms. The van der Waals surface area contributed by atoms with E-state index in [1.165, 1.54) is 23.9 Å². The summed E-state index contributed by atoms with van der Waals surface area (Å²) in [6, 6.07) is 21.0. The topological polar surface area (TPSA) is 91.9 Å². The van der Waals surface area contributed by atoms with Gasteiger partial charge in [-0.05, 0) is 70.0 Å². The average molecular weight is 657 g/mol. The molecular formula is C33H32ClF3N4O5. The van der Waals surface area contributed by atoms with Crippen molar-refractivity contribution in [1.29, 1.82) is 0 Å². The fourth-order valence-corrected chi connectivity index (χ4v) is 5.31. The van der Waals surface area contributed by atoms with Gasteiger partial charge in [0.2, 0.25) is 0 Å². The zero-order chi connectivity index (χ0) is 31.4. The standard InChI is InChI=1S/C33H31F3N4O5.ClH/c34-33(35,36)27-7-1-24(2-8-27)21-43-28-9-3-23(4-10-28)19-38-16-13-26(14-17-38)25-5-11-29(12-6-25)44-22-30-15-18-39-20-31(40(41)42)37-32(39)45-30;/h1-13,20,30H,14-19,21-22H2;1H/t30-;/m1./s1. The second kappa shape index (κ2) is 14.3. The Balaban J connectivity index is 0.00000417. The van der Waals surface area contributed by atoms with E-state index in [0.29, 0.717) is 30.9 Å². The third-order valence-electron chi connectivity index (χ3n) is 7.85. The third-order valence-corrected chi connectivity index (χ3v) is 7.85. The molecule has 1 aromatic heterocycles. The molecule has 0 bridgehead atoms. The van der Waals surface area contributed by atoms with Crippen LogP contribution in [0.25, 0.3) is 5.57 Å². The number of imidazole rings is 1. The maximum Gasteiger partial charge on any atom is 0.416 e. The number of halogens is 4. The van der Waals surface area contributed by atoms with Gasteiger partial charge in [-0.25, -0.2) is 0 Å². The van der Waals surface area contributed by atoms with Crippen LogP contribution in [0.4, 0.5) is 19.0 Å². The molecule has 0 amide bonds. The first-order valence-corrected chi connectivity index (χ1v) is 14.6. The number of nitro groups is 1. The molecular weight excluding hydrogens is 625 g/mol. The number of hydrogen-bond donors (Lipinski definition) is 0. The lowest BCUT2D eigenvalue weighted by atomic mass is 9.99. The Labute approximate surface area is 269 Å². The number of fused-ring (bicyclic) bond motifs is 1. The lowest BCUT2D eigenvalue weighted by Crippen LogP contribution is -2.31. The van der Waals surface area contributed by atoms with Crippen LogP contribution in [0.1, 0.15) is 35.1 Å². The maximum absolute atomic E-state index is 12.7. The Morgan fingerprint density at radius 1 is 0.935 bits per heavy atom. The van der Waals surface area contributed by atoms with Crippen molar-refractivity contribution in [2.75, 3.05) is 19.7 Å². The van der Waals surface area contributed by atoms with Gasteiger partial charge in [0, 0.05) is 37.6 Å². The van der Waals surface area contributed by atoms with Crippen molar-refractivity contribution in [2.24, 2.45) is 0 Å². The van der Waals surface area contributed by atoms with E-state index in [1.807, 2.05) is 36.4 Å². The summed E-state index contributed by atoms with van der Waals surface area (Å²) in [4.78, 5) is 16.7. The fourth-order valence-electron chi connectivity index (χ4n) is 5.31. The molecule has 9 nitrogen and oxygen atoms in total. The lowest BCUT2D eigenvalue weighted by molar-refractivity contribution is -0.389. The molecule has 4 aromatic rings. The van der Waals surface area contributed by atoms with E-state index in [1.54, 1.807) is 4.57 Å². The molecule has 3 aromatic carbocycles. The van der Waals surface area contributed by atoms with Crippen LogP contribution in [0.15, 0.2) is 85.1 Å². The van der Waals surface area contributed by atoms with Crippen molar-refractivity contribution in [3.05, 3.63) is 117 Å². The molecule has 2 aliphatic rings. The van der Waals surface area contributed by atoms with Gasteiger partial charge in [-0.15, -0.1) is 12.4 Å². The van der Waals surface area contributed by atoms with Crippen LogP contribution in [0.3, 0.4) is 0 Å². The van der Waals surface area contributed by atoms with Crippen molar-refractivity contribution in [3.63, 3.8) is 0 Å². The second-order valence-corrected chi connectivity index (χ2v) is 11.0. The van der Waals surface area contributed by atoms with Gasteiger partial charge in [0.1, 0.15) is 37.0 Å². The van der Waals surface area contributed by atoms with Crippen LogP contribution in [-0.2, 0) is 25.9 Å². The molecule has 0 N–H and O–H groups in total. The van der Waals surface area contributed by atoms with E-state index in [9.17, 15) is 23.3 Å². The average Bonchev–Trinajstić information content (AvgIpc) is 3.48. The summed E-state index contributed by atoms with van der Waals surface area (Å²) < 4.78 is 57.3. The third kappa shape index (κ3) is 8.18. The van der Waals surface area contributed by atoms with Crippen LogP contribution >= 0.6 is 12.4 Å². The predicted octanol–water partition coefficient (Wildman–Crippen LogP) is 7.33. The smallest absolute Gasteiger partial charge is 0.416 e. The minimum Gasteiger partial charge on any atom is -0.490 e. The summed E-state index contributed by atoms with van der Waals surface area (Å²) in [5.41, 5.74) is 3.59. The number of rotatable bonds is 10. The number of aromatic nitrogens is 2. The molecule has 0 saturated heterocycles. The summed E-state index contributed by atoms with van der Waals surface area (Å²) in [5.74, 6) is 1.17. The largest absolute Gasteiger partial charge is 0.490 e. The molecule has 6 rings (SSSR count). The van der Waals surface area contributed by atoms with Crippen molar-refractivity contribution in [1.82, 2.24) is 14.5 Å². The minimum absolute atomic E-state index is 0. The summed E-state index contributed by atoms with van der Waals surface area (Å²) >= 11 is 0. The Morgan fingerprint density at radius 3 is 2.26 bits per heavy atom. The highest BCUT2D eigenvalue weighted by molar-refractivity contribution is 5.85. The van der Waals surface area contributed by atoms with Gasteiger partial charge in [-0.1, -0.05) is 42.5 Å². The van der Waals surface area contributed by atoms with E-state index in [4.69, 9.17) is 14.2 Å². The number of alkyl halides is 3. The highest BCUT2D eigenvalue weighted by Gasteiger charge is 2.30. The van der Waals surface area contributed by atoms with Gasteiger partial charge < -0.3 is 24.3 Å². The molecule has 242 valence electrons. The Bertz CT molecular complexity index is 1660.